The lowest BCUT2D eigenvalue weighted by Gasteiger charge is -2.39. The van der Waals surface area contributed by atoms with Gasteiger partial charge in [0.25, 0.3) is 0 Å². The molecule has 2 N–H and O–H groups in total. The van der Waals surface area contributed by atoms with Gasteiger partial charge in [-0.25, -0.2) is 5.01 Å². The Bertz CT molecular complexity index is 519. The molecule has 2 aliphatic rings. The summed E-state index contributed by atoms with van der Waals surface area (Å²) in [5.41, 5.74) is 7.46. The number of hydrogen-bond acceptors (Lipinski definition) is 2. The Balaban J connectivity index is 1.61. The highest BCUT2D eigenvalue weighted by Crippen LogP contribution is 2.25. The molecule has 2 atom stereocenters. The van der Waals surface area contributed by atoms with Gasteiger partial charge in [0.05, 0.1) is 0 Å². The van der Waals surface area contributed by atoms with E-state index in [1.807, 2.05) is 0 Å². The van der Waals surface area contributed by atoms with Gasteiger partial charge in [0.2, 0.25) is 0 Å². The zero-order chi connectivity index (χ0) is 14.8. The van der Waals surface area contributed by atoms with Gasteiger partial charge in [-0.2, -0.15) is 0 Å². The fourth-order valence-corrected chi connectivity index (χ4v) is 3.79. The Kier molecular flexibility index (Phi) is 4.45. The Hall–Kier alpha value is -1.13. The number of hydrazine groups is 1. The van der Waals surface area contributed by atoms with Crippen molar-refractivity contribution in [3.63, 3.8) is 0 Å². The molecule has 3 rings (SSSR count). The third-order valence-corrected chi connectivity index (χ3v) is 4.97. The number of anilines is 1. The summed E-state index contributed by atoms with van der Waals surface area (Å²) in [5.74, 6) is 0. The van der Waals surface area contributed by atoms with E-state index < -0.39 is 0 Å². The third kappa shape index (κ3) is 3.38. The SMILES string of the molecule is CC1CCCC(C)N1NC(=S)Nc1ccc2c(c1)CCC2. The van der Waals surface area contributed by atoms with Crippen molar-refractivity contribution in [2.24, 2.45) is 0 Å². The second kappa shape index (κ2) is 6.32. The molecule has 0 aromatic heterocycles. The third-order valence-electron chi connectivity index (χ3n) is 4.78. The number of fused-ring (bicyclic) bond motifs is 1. The van der Waals surface area contributed by atoms with Crippen LogP contribution in [-0.2, 0) is 12.8 Å². The van der Waals surface area contributed by atoms with Crippen molar-refractivity contribution in [1.82, 2.24) is 10.4 Å². The predicted octanol–water partition coefficient (Wildman–Crippen LogP) is 3.64. The molecule has 0 radical (unpaired) electrons. The fraction of sp³-hybridized carbons (Fsp3) is 0.588. The van der Waals surface area contributed by atoms with E-state index in [-0.39, 0.29) is 0 Å². The average molecular weight is 303 g/mol. The molecule has 1 aromatic rings. The Labute approximate surface area is 133 Å². The predicted molar refractivity (Wildman–Crippen MR) is 92.4 cm³/mol. The number of aryl methyl sites for hydroxylation is 2. The van der Waals surface area contributed by atoms with Crippen molar-refractivity contribution >= 4 is 23.0 Å². The lowest BCUT2D eigenvalue weighted by molar-refractivity contribution is 0.0750. The molecule has 0 bridgehead atoms. The Morgan fingerprint density at radius 3 is 2.57 bits per heavy atom. The molecule has 1 aromatic carbocycles. The van der Waals surface area contributed by atoms with Gasteiger partial charge >= 0.3 is 0 Å². The average Bonchev–Trinajstić information content (AvgIpc) is 2.90. The highest BCUT2D eigenvalue weighted by atomic mass is 32.1. The molecular formula is C17H25N3S. The van der Waals surface area contributed by atoms with Gasteiger partial charge < -0.3 is 5.32 Å². The maximum atomic E-state index is 5.49. The normalized spacial score (nSPS) is 25.4. The molecular weight excluding hydrogens is 278 g/mol. The van der Waals surface area contributed by atoms with Crippen LogP contribution in [0.15, 0.2) is 18.2 Å². The van der Waals surface area contributed by atoms with Crippen molar-refractivity contribution in [2.75, 3.05) is 5.32 Å². The van der Waals surface area contributed by atoms with Crippen LogP contribution in [0.25, 0.3) is 0 Å². The smallest absolute Gasteiger partial charge is 0.185 e. The maximum absolute atomic E-state index is 5.49. The van der Waals surface area contributed by atoms with E-state index in [0.717, 1.165) is 5.69 Å². The quantitative estimate of drug-likeness (QED) is 0.816. The van der Waals surface area contributed by atoms with Crippen molar-refractivity contribution in [3.8, 4) is 0 Å². The van der Waals surface area contributed by atoms with E-state index in [9.17, 15) is 0 Å². The van der Waals surface area contributed by atoms with Crippen LogP contribution in [-0.4, -0.2) is 22.2 Å². The van der Waals surface area contributed by atoms with Crippen LogP contribution in [0.3, 0.4) is 0 Å². The molecule has 0 saturated carbocycles. The zero-order valence-electron chi connectivity index (χ0n) is 13.0. The van der Waals surface area contributed by atoms with Crippen LogP contribution in [0.5, 0.6) is 0 Å². The van der Waals surface area contributed by atoms with Crippen molar-refractivity contribution in [3.05, 3.63) is 29.3 Å². The molecule has 3 nitrogen and oxygen atoms in total. The summed E-state index contributed by atoms with van der Waals surface area (Å²) in [6, 6.07) is 7.70. The van der Waals surface area contributed by atoms with Crippen LogP contribution in [0.1, 0.15) is 50.7 Å². The van der Waals surface area contributed by atoms with Crippen molar-refractivity contribution in [1.29, 1.82) is 0 Å². The van der Waals surface area contributed by atoms with Crippen LogP contribution in [0.4, 0.5) is 5.69 Å². The minimum absolute atomic E-state index is 0.536. The van der Waals surface area contributed by atoms with E-state index in [1.165, 1.54) is 49.7 Å². The van der Waals surface area contributed by atoms with Crippen molar-refractivity contribution < 1.29 is 0 Å². The molecule has 1 aliphatic heterocycles. The summed E-state index contributed by atoms with van der Waals surface area (Å²) in [7, 11) is 0. The summed E-state index contributed by atoms with van der Waals surface area (Å²) in [4.78, 5) is 0. The first-order valence-electron chi connectivity index (χ1n) is 8.11. The molecule has 1 aliphatic carbocycles. The van der Waals surface area contributed by atoms with E-state index in [1.54, 1.807) is 0 Å². The van der Waals surface area contributed by atoms with Crippen LogP contribution < -0.4 is 10.7 Å². The largest absolute Gasteiger partial charge is 0.332 e. The second-order valence-electron chi connectivity index (χ2n) is 6.44. The van der Waals surface area contributed by atoms with Crippen LogP contribution in [0, 0.1) is 0 Å². The summed E-state index contributed by atoms with van der Waals surface area (Å²) in [5, 5.41) is 6.34. The van der Waals surface area contributed by atoms with E-state index in [2.05, 4.69) is 47.8 Å². The molecule has 0 amide bonds. The summed E-state index contributed by atoms with van der Waals surface area (Å²) < 4.78 is 0. The molecule has 4 heteroatoms. The maximum Gasteiger partial charge on any atom is 0.185 e. The summed E-state index contributed by atoms with van der Waals surface area (Å²) in [6.07, 6.45) is 7.49. The van der Waals surface area contributed by atoms with Gasteiger partial charge in [0, 0.05) is 17.8 Å². The number of nitrogens with zero attached hydrogens (tertiary/aromatic N) is 1. The first-order chi connectivity index (χ1) is 10.1. The Morgan fingerprint density at radius 1 is 1.10 bits per heavy atom. The van der Waals surface area contributed by atoms with E-state index in [0.29, 0.717) is 17.2 Å². The van der Waals surface area contributed by atoms with Gasteiger partial charge in [-0.15, -0.1) is 0 Å². The fourth-order valence-electron chi connectivity index (χ4n) is 3.57. The molecule has 1 fully saturated rings. The van der Waals surface area contributed by atoms with E-state index >= 15 is 0 Å². The van der Waals surface area contributed by atoms with Gasteiger partial charge in [-0.1, -0.05) is 12.5 Å². The first kappa shape index (κ1) is 14.8. The molecule has 1 heterocycles. The molecule has 2 unspecified atom stereocenters. The Morgan fingerprint density at radius 2 is 1.81 bits per heavy atom. The van der Waals surface area contributed by atoms with Crippen molar-refractivity contribution in [2.45, 2.75) is 64.5 Å². The molecule has 21 heavy (non-hydrogen) atoms. The lowest BCUT2D eigenvalue weighted by Crippen LogP contribution is -2.55. The van der Waals surface area contributed by atoms with Gasteiger partial charge in [-0.3, -0.25) is 5.43 Å². The highest BCUT2D eigenvalue weighted by Gasteiger charge is 2.25. The number of nitrogens with one attached hydrogen (secondary N) is 2. The minimum atomic E-state index is 0.536. The van der Waals surface area contributed by atoms with Crippen LogP contribution in [0.2, 0.25) is 0 Å². The topological polar surface area (TPSA) is 27.3 Å². The first-order valence-corrected chi connectivity index (χ1v) is 8.52. The number of benzene rings is 1. The monoisotopic (exact) mass is 303 g/mol. The zero-order valence-corrected chi connectivity index (χ0v) is 13.8. The highest BCUT2D eigenvalue weighted by molar-refractivity contribution is 7.80. The minimum Gasteiger partial charge on any atom is -0.332 e. The molecule has 1 saturated heterocycles. The number of hydrogen-bond donors (Lipinski definition) is 2. The number of rotatable bonds is 2. The summed E-state index contributed by atoms with van der Waals surface area (Å²) >= 11 is 5.49. The second-order valence-corrected chi connectivity index (χ2v) is 6.85. The molecule has 114 valence electrons. The molecule has 0 spiro atoms. The standard InChI is InChI=1S/C17H25N3S/c1-12-5-3-6-13(2)20(12)19-17(21)18-16-10-9-14-7-4-8-15(14)11-16/h9-13H,3-8H2,1-2H3,(H2,18,19,21). The van der Waals surface area contributed by atoms with Gasteiger partial charge in [0.1, 0.15) is 0 Å². The number of piperidine rings is 1. The number of thiocarbonyl (C=S) groups is 1. The summed E-state index contributed by atoms with van der Waals surface area (Å²) in [6.45, 7) is 4.53. The van der Waals surface area contributed by atoms with E-state index in [4.69, 9.17) is 12.2 Å². The van der Waals surface area contributed by atoms with Crippen LogP contribution >= 0.6 is 12.2 Å². The van der Waals surface area contributed by atoms with Gasteiger partial charge in [0.15, 0.2) is 5.11 Å². The van der Waals surface area contributed by atoms with Gasteiger partial charge in [-0.05, 0) is 81.4 Å². The lowest BCUT2D eigenvalue weighted by atomic mass is 10.00.